The number of aromatic nitrogens is 1. The van der Waals surface area contributed by atoms with Gasteiger partial charge in [-0.1, -0.05) is 109 Å². The lowest BCUT2D eigenvalue weighted by Crippen LogP contribution is -2.11. The maximum atomic E-state index is 6.46. The van der Waals surface area contributed by atoms with Crippen molar-refractivity contribution in [1.82, 2.24) is 4.57 Å². The molecular weight excluding hydrogens is 629 g/mol. The van der Waals surface area contributed by atoms with E-state index in [9.17, 15) is 0 Å². The van der Waals surface area contributed by atoms with Crippen molar-refractivity contribution in [2.75, 3.05) is 4.90 Å². The number of fused-ring (bicyclic) bond motifs is 11. The van der Waals surface area contributed by atoms with E-state index in [2.05, 4.69) is 167 Å². The normalized spacial score (nSPS) is 12.0. The summed E-state index contributed by atoms with van der Waals surface area (Å²) in [5.41, 5.74) is 8.48. The second-order valence-electron chi connectivity index (χ2n) is 12.9. The zero-order chi connectivity index (χ0) is 32.8. The Bertz CT molecular complexity index is 3110. The van der Waals surface area contributed by atoms with Crippen LogP contribution in [0.3, 0.4) is 0 Å². The van der Waals surface area contributed by atoms with E-state index in [0.717, 1.165) is 50.2 Å². The fourth-order valence-corrected chi connectivity index (χ4v) is 9.21. The van der Waals surface area contributed by atoms with Gasteiger partial charge < -0.3 is 13.9 Å². The van der Waals surface area contributed by atoms with Crippen LogP contribution in [0.5, 0.6) is 0 Å². The molecule has 3 heterocycles. The van der Waals surface area contributed by atoms with Gasteiger partial charge in [0, 0.05) is 64.8 Å². The van der Waals surface area contributed by atoms with E-state index >= 15 is 0 Å². The van der Waals surface area contributed by atoms with Gasteiger partial charge in [-0.25, -0.2) is 0 Å². The van der Waals surface area contributed by atoms with Gasteiger partial charge in [0.25, 0.3) is 0 Å². The molecule has 0 aliphatic heterocycles. The van der Waals surface area contributed by atoms with Crippen LogP contribution < -0.4 is 4.90 Å². The van der Waals surface area contributed by atoms with E-state index in [4.69, 9.17) is 4.42 Å². The predicted octanol–water partition coefficient (Wildman–Crippen LogP) is 13.7. The molecule has 234 valence electrons. The highest BCUT2D eigenvalue weighted by Gasteiger charge is 2.23. The van der Waals surface area contributed by atoms with Crippen molar-refractivity contribution < 1.29 is 4.42 Å². The number of nitrogens with zero attached hydrogens (tertiary/aromatic N) is 2. The summed E-state index contributed by atoms with van der Waals surface area (Å²) in [6.45, 7) is 0. The van der Waals surface area contributed by atoms with Gasteiger partial charge in [0.05, 0.1) is 16.7 Å². The molecule has 3 aromatic heterocycles. The van der Waals surface area contributed by atoms with Gasteiger partial charge in [-0.2, -0.15) is 0 Å². The molecule has 8 aromatic carbocycles. The van der Waals surface area contributed by atoms with Crippen molar-refractivity contribution in [3.05, 3.63) is 170 Å². The largest absolute Gasteiger partial charge is 0.456 e. The molecule has 0 radical (unpaired) electrons. The first kappa shape index (κ1) is 27.6. The van der Waals surface area contributed by atoms with Gasteiger partial charge in [-0.15, -0.1) is 11.3 Å². The molecule has 0 spiro atoms. The summed E-state index contributed by atoms with van der Waals surface area (Å²) in [5, 5.41) is 9.85. The molecule has 3 nitrogen and oxygen atoms in total. The number of benzene rings is 8. The maximum absolute atomic E-state index is 6.46. The molecule has 50 heavy (non-hydrogen) atoms. The first-order valence-corrected chi connectivity index (χ1v) is 17.7. The number of thiophene rings is 1. The van der Waals surface area contributed by atoms with Crippen LogP contribution in [-0.4, -0.2) is 4.57 Å². The standard InChI is InChI=1S/C46H28N2OS/c1-2-12-30(13-3-1)48-40-18-8-6-15-34(40)38-17-10-19-41(45(38)48)47(31-22-25-36-35-16-7-9-20-42(35)49-43(36)27-31)32-23-26-37-39-24-21-29-11-4-5-14-33(29)46(39)50-44(37)28-32/h1-28H. The molecular formula is C46H28N2OS. The first-order valence-electron chi connectivity index (χ1n) is 16.9. The maximum Gasteiger partial charge on any atom is 0.137 e. The summed E-state index contributed by atoms with van der Waals surface area (Å²) in [4.78, 5) is 2.41. The van der Waals surface area contributed by atoms with Crippen molar-refractivity contribution >= 4 is 103 Å². The lowest BCUT2D eigenvalue weighted by atomic mass is 10.1. The minimum Gasteiger partial charge on any atom is -0.456 e. The monoisotopic (exact) mass is 656 g/mol. The third-order valence-electron chi connectivity index (χ3n) is 10.2. The van der Waals surface area contributed by atoms with Crippen molar-refractivity contribution in [1.29, 1.82) is 0 Å². The zero-order valence-electron chi connectivity index (χ0n) is 26.9. The lowest BCUT2D eigenvalue weighted by molar-refractivity contribution is 0.669. The molecule has 0 fully saturated rings. The van der Waals surface area contributed by atoms with E-state index in [-0.39, 0.29) is 0 Å². The van der Waals surface area contributed by atoms with Crippen LogP contribution in [0.4, 0.5) is 17.1 Å². The Labute approximate surface area is 291 Å². The molecule has 0 saturated heterocycles. The van der Waals surface area contributed by atoms with Gasteiger partial charge in [0.15, 0.2) is 0 Å². The van der Waals surface area contributed by atoms with Crippen LogP contribution in [0.25, 0.3) is 80.4 Å². The van der Waals surface area contributed by atoms with E-state index in [1.807, 2.05) is 23.5 Å². The van der Waals surface area contributed by atoms with Gasteiger partial charge in [-0.05, 0) is 65.4 Å². The molecule has 4 heteroatoms. The minimum atomic E-state index is 0.874. The van der Waals surface area contributed by atoms with Gasteiger partial charge in [-0.3, -0.25) is 0 Å². The van der Waals surface area contributed by atoms with Crippen molar-refractivity contribution in [3.63, 3.8) is 0 Å². The third-order valence-corrected chi connectivity index (χ3v) is 11.4. The Kier molecular flexibility index (Phi) is 5.83. The Hall–Kier alpha value is -6.36. The number of para-hydroxylation sites is 4. The van der Waals surface area contributed by atoms with Crippen LogP contribution >= 0.6 is 11.3 Å². The Morgan fingerprint density at radius 2 is 1.14 bits per heavy atom. The van der Waals surface area contributed by atoms with Crippen molar-refractivity contribution in [2.45, 2.75) is 0 Å². The van der Waals surface area contributed by atoms with E-state index in [0.29, 0.717) is 0 Å². The van der Waals surface area contributed by atoms with Gasteiger partial charge in [0.2, 0.25) is 0 Å². The molecule has 11 aromatic rings. The van der Waals surface area contributed by atoms with E-state index < -0.39 is 0 Å². The Morgan fingerprint density at radius 3 is 2.04 bits per heavy atom. The second-order valence-corrected chi connectivity index (χ2v) is 14.0. The second kappa shape index (κ2) is 10.6. The molecule has 0 aliphatic rings. The van der Waals surface area contributed by atoms with Crippen molar-refractivity contribution in [3.8, 4) is 5.69 Å². The molecule has 0 N–H and O–H groups in total. The van der Waals surface area contributed by atoms with Crippen LogP contribution in [0, 0.1) is 0 Å². The fourth-order valence-electron chi connectivity index (χ4n) is 7.94. The summed E-state index contributed by atoms with van der Waals surface area (Å²) >= 11 is 1.88. The summed E-state index contributed by atoms with van der Waals surface area (Å²) in [7, 11) is 0. The molecule has 0 atom stereocenters. The summed E-state index contributed by atoms with van der Waals surface area (Å²) < 4.78 is 11.5. The van der Waals surface area contributed by atoms with Gasteiger partial charge >= 0.3 is 0 Å². The highest BCUT2D eigenvalue weighted by atomic mass is 32.1. The summed E-state index contributed by atoms with van der Waals surface area (Å²) in [5.74, 6) is 0. The number of furan rings is 1. The molecule has 0 bridgehead atoms. The van der Waals surface area contributed by atoms with Crippen LogP contribution in [0.15, 0.2) is 174 Å². The van der Waals surface area contributed by atoms with E-state index in [1.165, 1.54) is 47.2 Å². The third kappa shape index (κ3) is 3.97. The quantitative estimate of drug-likeness (QED) is 0.188. The summed E-state index contributed by atoms with van der Waals surface area (Å²) in [6.07, 6.45) is 0. The highest BCUT2D eigenvalue weighted by Crippen LogP contribution is 2.47. The fraction of sp³-hybridized carbons (Fsp3) is 0. The Morgan fingerprint density at radius 1 is 0.460 bits per heavy atom. The average Bonchev–Trinajstić information content (AvgIpc) is 3.85. The number of anilines is 3. The predicted molar refractivity (Wildman–Crippen MR) is 213 cm³/mol. The molecule has 11 rings (SSSR count). The highest BCUT2D eigenvalue weighted by molar-refractivity contribution is 7.26. The average molecular weight is 657 g/mol. The van der Waals surface area contributed by atoms with Crippen LogP contribution in [-0.2, 0) is 0 Å². The molecule has 0 aliphatic carbocycles. The SMILES string of the molecule is c1ccc(-n2c3ccccc3c3cccc(N(c4ccc5c(c4)oc4ccccc45)c4ccc5c(c4)sc4c6ccccc6ccc54)c32)cc1. The van der Waals surface area contributed by atoms with Gasteiger partial charge in [0.1, 0.15) is 11.2 Å². The molecule has 0 amide bonds. The van der Waals surface area contributed by atoms with Crippen LogP contribution in [0.1, 0.15) is 0 Å². The first-order chi connectivity index (χ1) is 24.8. The number of hydrogen-bond donors (Lipinski definition) is 0. The van der Waals surface area contributed by atoms with Crippen molar-refractivity contribution in [2.24, 2.45) is 0 Å². The smallest absolute Gasteiger partial charge is 0.137 e. The van der Waals surface area contributed by atoms with E-state index in [1.54, 1.807) is 0 Å². The molecule has 0 unspecified atom stereocenters. The minimum absolute atomic E-state index is 0.874. The summed E-state index contributed by atoms with van der Waals surface area (Å²) in [6, 6.07) is 61.2. The molecule has 0 saturated carbocycles. The number of rotatable bonds is 4. The number of hydrogen-bond acceptors (Lipinski definition) is 3. The lowest BCUT2D eigenvalue weighted by Gasteiger charge is -2.27. The topological polar surface area (TPSA) is 21.3 Å². The zero-order valence-corrected chi connectivity index (χ0v) is 27.7. The van der Waals surface area contributed by atoms with Crippen LogP contribution in [0.2, 0.25) is 0 Å². The Balaban J connectivity index is 1.23.